The average molecular weight is 297 g/mol. The number of sulfonamides is 1. The van der Waals surface area contributed by atoms with E-state index in [2.05, 4.69) is 10.2 Å². The molecule has 2 heterocycles. The van der Waals surface area contributed by atoms with Gasteiger partial charge in [-0.05, 0) is 13.8 Å². The normalized spacial score (nSPS) is 12.2. The number of hydrogen-bond donors (Lipinski definition) is 0. The van der Waals surface area contributed by atoms with Crippen LogP contribution in [0.5, 0.6) is 0 Å². The molecule has 0 unspecified atom stereocenters. The monoisotopic (exact) mass is 297 g/mol. The Balaban J connectivity index is 2.16. The molecule has 0 aliphatic carbocycles. The standard InChI is InChI=1S/C12H19N5O2S/c1-4-16-9-11(6-13-16)8-15(3)20(18,19)12-7-14-17(5-2)10-12/h6-7,9-10H,4-5,8H2,1-3H3. The number of hydrogen-bond acceptors (Lipinski definition) is 4. The second-order valence-electron chi connectivity index (χ2n) is 4.50. The van der Waals surface area contributed by atoms with E-state index in [0.29, 0.717) is 13.1 Å². The molecule has 0 aliphatic heterocycles. The lowest BCUT2D eigenvalue weighted by Crippen LogP contribution is -2.26. The largest absolute Gasteiger partial charge is 0.273 e. The third-order valence-corrected chi connectivity index (χ3v) is 4.81. The van der Waals surface area contributed by atoms with Gasteiger partial charge < -0.3 is 0 Å². The second kappa shape index (κ2) is 5.76. The number of aryl methyl sites for hydroxylation is 2. The van der Waals surface area contributed by atoms with Gasteiger partial charge in [-0.2, -0.15) is 14.5 Å². The first-order chi connectivity index (χ1) is 9.47. The van der Waals surface area contributed by atoms with Crippen molar-refractivity contribution in [3.05, 3.63) is 30.4 Å². The summed E-state index contributed by atoms with van der Waals surface area (Å²) in [5.41, 5.74) is 0.862. The third kappa shape index (κ3) is 2.91. The Kier molecular flexibility index (Phi) is 4.24. The van der Waals surface area contributed by atoms with Crippen molar-refractivity contribution < 1.29 is 8.42 Å². The predicted octanol–water partition coefficient (Wildman–Crippen LogP) is 0.940. The molecule has 0 radical (unpaired) electrons. The van der Waals surface area contributed by atoms with Gasteiger partial charge in [-0.1, -0.05) is 0 Å². The molecule has 0 spiro atoms. The van der Waals surface area contributed by atoms with E-state index in [0.717, 1.165) is 12.1 Å². The first kappa shape index (κ1) is 14.7. The van der Waals surface area contributed by atoms with Gasteiger partial charge in [0, 0.05) is 44.6 Å². The number of aromatic nitrogens is 4. The minimum Gasteiger partial charge on any atom is -0.273 e. The molecule has 0 fully saturated rings. The highest BCUT2D eigenvalue weighted by Crippen LogP contribution is 2.15. The minimum absolute atomic E-state index is 0.213. The average Bonchev–Trinajstić information content (AvgIpc) is 3.07. The van der Waals surface area contributed by atoms with E-state index in [4.69, 9.17) is 0 Å². The van der Waals surface area contributed by atoms with Crippen LogP contribution < -0.4 is 0 Å². The smallest absolute Gasteiger partial charge is 0.246 e. The van der Waals surface area contributed by atoms with Gasteiger partial charge in [0.15, 0.2) is 0 Å². The summed E-state index contributed by atoms with van der Waals surface area (Å²) >= 11 is 0. The summed E-state index contributed by atoms with van der Waals surface area (Å²) in [5, 5.41) is 8.14. The van der Waals surface area contributed by atoms with E-state index in [9.17, 15) is 8.42 Å². The fourth-order valence-corrected chi connectivity index (χ4v) is 2.95. The molecule has 2 aromatic rings. The van der Waals surface area contributed by atoms with Crippen LogP contribution in [0.3, 0.4) is 0 Å². The lowest BCUT2D eigenvalue weighted by molar-refractivity contribution is 0.466. The lowest BCUT2D eigenvalue weighted by Gasteiger charge is -2.14. The highest BCUT2D eigenvalue weighted by molar-refractivity contribution is 7.89. The number of nitrogens with zero attached hydrogens (tertiary/aromatic N) is 5. The SMILES string of the molecule is CCn1cc(CN(C)S(=O)(=O)c2cnn(CC)c2)cn1. The molecule has 0 saturated heterocycles. The van der Waals surface area contributed by atoms with E-state index in [1.165, 1.54) is 10.5 Å². The molecule has 0 bridgehead atoms. The van der Waals surface area contributed by atoms with Gasteiger partial charge in [0.05, 0.1) is 12.4 Å². The molecule has 0 atom stereocenters. The highest BCUT2D eigenvalue weighted by Gasteiger charge is 2.23. The Morgan fingerprint density at radius 1 is 1.10 bits per heavy atom. The minimum atomic E-state index is -3.51. The van der Waals surface area contributed by atoms with E-state index < -0.39 is 10.0 Å². The molecule has 0 saturated carbocycles. The fourth-order valence-electron chi connectivity index (χ4n) is 1.83. The second-order valence-corrected chi connectivity index (χ2v) is 6.54. The van der Waals surface area contributed by atoms with Gasteiger partial charge in [0.25, 0.3) is 0 Å². The zero-order chi connectivity index (χ0) is 14.8. The summed E-state index contributed by atoms with van der Waals surface area (Å²) in [5.74, 6) is 0. The maximum atomic E-state index is 12.4. The summed E-state index contributed by atoms with van der Waals surface area (Å²) in [6, 6.07) is 0. The van der Waals surface area contributed by atoms with Crippen LogP contribution in [0.25, 0.3) is 0 Å². The van der Waals surface area contributed by atoms with E-state index in [1.807, 2.05) is 20.0 Å². The zero-order valence-corrected chi connectivity index (χ0v) is 12.7. The van der Waals surface area contributed by atoms with Crippen molar-refractivity contribution in [1.29, 1.82) is 0 Å². The van der Waals surface area contributed by atoms with Gasteiger partial charge >= 0.3 is 0 Å². The summed E-state index contributed by atoms with van der Waals surface area (Å²) in [7, 11) is -1.95. The molecule has 2 rings (SSSR count). The van der Waals surface area contributed by atoms with Crippen molar-refractivity contribution in [2.45, 2.75) is 38.4 Å². The summed E-state index contributed by atoms with van der Waals surface area (Å²) in [6.45, 7) is 5.59. The molecular weight excluding hydrogens is 278 g/mol. The Morgan fingerprint density at radius 3 is 2.25 bits per heavy atom. The fraction of sp³-hybridized carbons (Fsp3) is 0.500. The molecule has 0 aromatic carbocycles. The van der Waals surface area contributed by atoms with Gasteiger partial charge in [-0.15, -0.1) is 0 Å². The van der Waals surface area contributed by atoms with Crippen LogP contribution in [-0.4, -0.2) is 39.3 Å². The van der Waals surface area contributed by atoms with E-state index >= 15 is 0 Å². The van der Waals surface area contributed by atoms with Crippen LogP contribution in [0.2, 0.25) is 0 Å². The maximum absolute atomic E-state index is 12.4. The quantitative estimate of drug-likeness (QED) is 0.795. The Morgan fingerprint density at radius 2 is 1.70 bits per heavy atom. The molecule has 7 nitrogen and oxygen atoms in total. The molecule has 0 amide bonds. The van der Waals surface area contributed by atoms with Crippen LogP contribution in [0.15, 0.2) is 29.7 Å². The zero-order valence-electron chi connectivity index (χ0n) is 11.9. The van der Waals surface area contributed by atoms with E-state index in [-0.39, 0.29) is 4.90 Å². The first-order valence-electron chi connectivity index (χ1n) is 6.47. The summed E-state index contributed by atoms with van der Waals surface area (Å²) in [4.78, 5) is 0.213. The first-order valence-corrected chi connectivity index (χ1v) is 7.91. The van der Waals surface area contributed by atoms with Crippen LogP contribution in [0.1, 0.15) is 19.4 Å². The van der Waals surface area contributed by atoms with Gasteiger partial charge in [0.2, 0.25) is 10.0 Å². The predicted molar refractivity (Wildman–Crippen MR) is 74.5 cm³/mol. The molecule has 0 aliphatic rings. The molecule has 20 heavy (non-hydrogen) atoms. The van der Waals surface area contributed by atoms with Crippen molar-refractivity contribution in [2.75, 3.05) is 7.05 Å². The molecule has 0 N–H and O–H groups in total. The number of rotatable bonds is 6. The van der Waals surface area contributed by atoms with Gasteiger partial charge in [0.1, 0.15) is 4.90 Å². The Bertz CT molecular complexity index is 674. The third-order valence-electron chi connectivity index (χ3n) is 3.06. The maximum Gasteiger partial charge on any atom is 0.246 e. The summed E-state index contributed by atoms with van der Waals surface area (Å²) < 4.78 is 29.4. The van der Waals surface area contributed by atoms with Gasteiger partial charge in [-0.25, -0.2) is 8.42 Å². The molecule has 8 heteroatoms. The van der Waals surface area contributed by atoms with E-state index in [1.54, 1.807) is 28.8 Å². The van der Waals surface area contributed by atoms with Crippen LogP contribution in [0.4, 0.5) is 0 Å². The van der Waals surface area contributed by atoms with Crippen molar-refractivity contribution in [1.82, 2.24) is 23.9 Å². The van der Waals surface area contributed by atoms with Crippen molar-refractivity contribution in [3.8, 4) is 0 Å². The van der Waals surface area contributed by atoms with Crippen LogP contribution >= 0.6 is 0 Å². The molecule has 2 aromatic heterocycles. The Labute approximate surface area is 118 Å². The topological polar surface area (TPSA) is 73.0 Å². The highest BCUT2D eigenvalue weighted by atomic mass is 32.2. The van der Waals surface area contributed by atoms with Gasteiger partial charge in [-0.3, -0.25) is 9.36 Å². The molecular formula is C12H19N5O2S. The van der Waals surface area contributed by atoms with Crippen molar-refractivity contribution in [3.63, 3.8) is 0 Å². The lowest BCUT2D eigenvalue weighted by atomic mass is 10.4. The summed E-state index contributed by atoms with van der Waals surface area (Å²) in [6.07, 6.45) is 6.46. The van der Waals surface area contributed by atoms with Crippen molar-refractivity contribution >= 4 is 10.0 Å². The van der Waals surface area contributed by atoms with Crippen LogP contribution in [0, 0.1) is 0 Å². The Hall–Kier alpha value is -1.67. The molecule has 110 valence electrons. The van der Waals surface area contributed by atoms with Crippen LogP contribution in [-0.2, 0) is 29.7 Å². The van der Waals surface area contributed by atoms with Crippen molar-refractivity contribution in [2.24, 2.45) is 0 Å².